The molecule has 0 aromatic heterocycles. The summed E-state index contributed by atoms with van der Waals surface area (Å²) in [5.74, 6) is -2.37. The van der Waals surface area contributed by atoms with Crippen LogP contribution in [0.2, 0.25) is 0 Å². The number of nitrogens with one attached hydrogen (secondary N) is 1. The Morgan fingerprint density at radius 3 is 2.42 bits per heavy atom. The van der Waals surface area contributed by atoms with Gasteiger partial charge in [-0.1, -0.05) is 0 Å². The highest BCUT2D eigenvalue weighted by Gasteiger charge is 2.28. The van der Waals surface area contributed by atoms with Gasteiger partial charge in [-0.05, 0) is 20.8 Å². The molecule has 0 heterocycles. The van der Waals surface area contributed by atoms with Gasteiger partial charge < -0.3 is 19.9 Å². The number of nitrogens with zero attached hydrogens (tertiary/aromatic N) is 1. The second kappa shape index (κ2) is 8.14. The van der Waals surface area contributed by atoms with E-state index in [4.69, 9.17) is 14.6 Å². The molecule has 9 heteroatoms. The number of ether oxygens (including phenoxy) is 2. The van der Waals surface area contributed by atoms with E-state index in [0.717, 1.165) is 6.07 Å². The van der Waals surface area contributed by atoms with Crippen LogP contribution in [0.5, 0.6) is 11.5 Å². The van der Waals surface area contributed by atoms with E-state index in [1.165, 1.54) is 27.0 Å². The Kier molecular flexibility index (Phi) is 6.51. The van der Waals surface area contributed by atoms with Crippen molar-refractivity contribution in [2.45, 2.75) is 26.8 Å². The molecule has 1 amide bonds. The summed E-state index contributed by atoms with van der Waals surface area (Å²) in [6.45, 7) is 4.94. The van der Waals surface area contributed by atoms with Gasteiger partial charge in [0.1, 0.15) is 5.56 Å². The van der Waals surface area contributed by atoms with Crippen LogP contribution >= 0.6 is 0 Å². The third-order valence-corrected chi connectivity index (χ3v) is 3.52. The van der Waals surface area contributed by atoms with E-state index in [0.29, 0.717) is 0 Å². The minimum Gasteiger partial charge on any atom is -0.493 e. The Balaban J connectivity index is 3.24. The lowest BCUT2D eigenvalue weighted by molar-refractivity contribution is -0.385. The van der Waals surface area contributed by atoms with Gasteiger partial charge in [-0.2, -0.15) is 0 Å². The maximum absolute atomic E-state index is 12.4. The van der Waals surface area contributed by atoms with Gasteiger partial charge in [0.05, 0.1) is 30.6 Å². The number of carboxylic acids is 1. The molecular weight excluding hydrogens is 320 g/mol. The molecule has 0 aliphatic heterocycles. The molecule has 1 aromatic carbocycles. The summed E-state index contributed by atoms with van der Waals surface area (Å²) in [6, 6.07) is 1.60. The van der Waals surface area contributed by atoms with Crippen molar-refractivity contribution in [1.82, 2.24) is 5.32 Å². The van der Waals surface area contributed by atoms with Gasteiger partial charge in [0.15, 0.2) is 11.5 Å². The van der Waals surface area contributed by atoms with Crippen molar-refractivity contribution in [2.75, 3.05) is 13.7 Å². The van der Waals surface area contributed by atoms with Gasteiger partial charge >= 0.3 is 5.97 Å². The van der Waals surface area contributed by atoms with Crippen molar-refractivity contribution < 1.29 is 29.1 Å². The summed E-state index contributed by atoms with van der Waals surface area (Å²) in [5, 5.41) is 22.7. The van der Waals surface area contributed by atoms with E-state index in [-0.39, 0.29) is 23.7 Å². The number of carbonyl (C=O) groups is 2. The van der Waals surface area contributed by atoms with Crippen LogP contribution in [0, 0.1) is 16.0 Å². The van der Waals surface area contributed by atoms with Crippen molar-refractivity contribution in [1.29, 1.82) is 0 Å². The first-order valence-corrected chi connectivity index (χ1v) is 7.25. The molecular formula is C15H20N2O7. The lowest BCUT2D eigenvalue weighted by atomic mass is 10.0. The number of aliphatic carboxylic acids is 1. The third kappa shape index (κ3) is 4.34. The molecule has 2 atom stereocenters. The number of amides is 1. The highest BCUT2D eigenvalue weighted by molar-refractivity contribution is 5.99. The summed E-state index contributed by atoms with van der Waals surface area (Å²) in [5.41, 5.74) is -0.684. The molecule has 0 radical (unpaired) electrons. The summed E-state index contributed by atoms with van der Waals surface area (Å²) >= 11 is 0. The second-order valence-electron chi connectivity index (χ2n) is 5.10. The number of carbonyl (C=O) groups excluding carboxylic acids is 1. The molecule has 0 fully saturated rings. The average molecular weight is 340 g/mol. The molecule has 2 N–H and O–H groups in total. The monoisotopic (exact) mass is 340 g/mol. The number of nitro benzene ring substituents is 1. The number of benzene rings is 1. The van der Waals surface area contributed by atoms with Gasteiger partial charge in [-0.15, -0.1) is 0 Å². The Morgan fingerprint density at radius 1 is 1.33 bits per heavy atom. The topological polar surface area (TPSA) is 128 Å². The molecule has 0 aliphatic rings. The van der Waals surface area contributed by atoms with Gasteiger partial charge in [-0.3, -0.25) is 19.7 Å². The predicted octanol–water partition coefficient (Wildman–Crippen LogP) is 1.84. The normalized spacial score (nSPS) is 12.8. The minimum absolute atomic E-state index is 0.132. The van der Waals surface area contributed by atoms with E-state index in [9.17, 15) is 19.7 Å². The fraction of sp³-hybridized carbons (Fsp3) is 0.467. The zero-order chi connectivity index (χ0) is 18.4. The first kappa shape index (κ1) is 19.2. The van der Waals surface area contributed by atoms with E-state index in [1.807, 2.05) is 0 Å². The largest absolute Gasteiger partial charge is 0.493 e. The molecule has 1 rings (SSSR count). The lowest BCUT2D eigenvalue weighted by Gasteiger charge is -2.18. The number of hydrogen-bond donors (Lipinski definition) is 2. The molecule has 0 aliphatic carbocycles. The fourth-order valence-corrected chi connectivity index (χ4v) is 1.93. The SMILES string of the molecule is CCOc1cc(C(=O)NC(C)C(C)C(=O)O)c([N+](=O)[O-])cc1OC. The summed E-state index contributed by atoms with van der Waals surface area (Å²) in [6.07, 6.45) is 0. The number of methoxy groups -OCH3 is 1. The van der Waals surface area contributed by atoms with Crippen molar-refractivity contribution in [2.24, 2.45) is 5.92 Å². The maximum atomic E-state index is 12.4. The first-order chi connectivity index (χ1) is 11.2. The molecule has 0 spiro atoms. The van der Waals surface area contributed by atoms with Crippen molar-refractivity contribution >= 4 is 17.6 Å². The first-order valence-electron chi connectivity index (χ1n) is 7.25. The Hall–Kier alpha value is -2.84. The zero-order valence-electron chi connectivity index (χ0n) is 13.9. The van der Waals surface area contributed by atoms with Crippen molar-refractivity contribution in [3.63, 3.8) is 0 Å². The molecule has 1 aromatic rings. The highest BCUT2D eigenvalue weighted by Crippen LogP contribution is 2.34. The number of nitro groups is 1. The molecule has 0 bridgehead atoms. The quantitative estimate of drug-likeness (QED) is 0.546. The number of hydrogen-bond acceptors (Lipinski definition) is 6. The third-order valence-electron chi connectivity index (χ3n) is 3.52. The van der Waals surface area contributed by atoms with Crippen LogP contribution in [0.15, 0.2) is 12.1 Å². The van der Waals surface area contributed by atoms with Gasteiger partial charge in [0, 0.05) is 12.1 Å². The molecule has 24 heavy (non-hydrogen) atoms. The van der Waals surface area contributed by atoms with Crippen LogP contribution < -0.4 is 14.8 Å². The second-order valence-corrected chi connectivity index (χ2v) is 5.10. The number of carboxylic acid groups (broad SMARTS) is 1. The maximum Gasteiger partial charge on any atom is 0.308 e. The smallest absolute Gasteiger partial charge is 0.308 e. The minimum atomic E-state index is -1.08. The standard InChI is InChI=1S/C15H20N2O7/c1-5-24-13-6-10(11(17(21)22)7-12(13)23-4)14(18)16-9(3)8(2)15(19)20/h6-9H,5H2,1-4H3,(H,16,18)(H,19,20). The summed E-state index contributed by atoms with van der Waals surface area (Å²) in [4.78, 5) is 33.8. The average Bonchev–Trinajstić information content (AvgIpc) is 2.53. The van der Waals surface area contributed by atoms with Crippen LogP contribution in [-0.4, -0.2) is 41.7 Å². The molecule has 9 nitrogen and oxygen atoms in total. The predicted molar refractivity (Wildman–Crippen MR) is 84.5 cm³/mol. The Morgan fingerprint density at radius 2 is 1.96 bits per heavy atom. The highest BCUT2D eigenvalue weighted by atomic mass is 16.6. The van der Waals surface area contributed by atoms with Crippen LogP contribution in [0.25, 0.3) is 0 Å². The zero-order valence-corrected chi connectivity index (χ0v) is 13.9. The molecule has 0 saturated heterocycles. The van der Waals surface area contributed by atoms with Gasteiger partial charge in [-0.25, -0.2) is 0 Å². The molecule has 132 valence electrons. The van der Waals surface area contributed by atoms with Crippen molar-refractivity contribution in [3.8, 4) is 11.5 Å². The van der Waals surface area contributed by atoms with E-state index in [1.54, 1.807) is 6.92 Å². The van der Waals surface area contributed by atoms with Gasteiger partial charge in [0.2, 0.25) is 0 Å². The Labute approximate surface area is 138 Å². The summed E-state index contributed by atoms with van der Waals surface area (Å²) in [7, 11) is 1.33. The lowest BCUT2D eigenvalue weighted by Crippen LogP contribution is -2.40. The summed E-state index contributed by atoms with van der Waals surface area (Å²) < 4.78 is 10.4. The van der Waals surface area contributed by atoms with Gasteiger partial charge in [0.25, 0.3) is 11.6 Å². The van der Waals surface area contributed by atoms with Crippen LogP contribution in [-0.2, 0) is 4.79 Å². The number of rotatable bonds is 8. The fourth-order valence-electron chi connectivity index (χ4n) is 1.93. The van der Waals surface area contributed by atoms with Crippen molar-refractivity contribution in [3.05, 3.63) is 27.8 Å². The van der Waals surface area contributed by atoms with Crippen LogP contribution in [0.3, 0.4) is 0 Å². The molecule has 0 saturated carbocycles. The Bertz CT molecular complexity index is 645. The molecule has 2 unspecified atom stereocenters. The van der Waals surface area contributed by atoms with Crippen LogP contribution in [0.1, 0.15) is 31.1 Å². The van der Waals surface area contributed by atoms with Crippen LogP contribution in [0.4, 0.5) is 5.69 Å². The van der Waals surface area contributed by atoms with E-state index >= 15 is 0 Å². The van der Waals surface area contributed by atoms with E-state index in [2.05, 4.69) is 5.32 Å². The van der Waals surface area contributed by atoms with E-state index < -0.39 is 34.4 Å².